The molecule has 134 valence electrons. The highest BCUT2D eigenvalue weighted by Gasteiger charge is 2.12. The van der Waals surface area contributed by atoms with Crippen LogP contribution in [0.1, 0.15) is 26.3 Å². The predicted molar refractivity (Wildman–Crippen MR) is 103 cm³/mol. The Morgan fingerprint density at radius 1 is 1.16 bits per heavy atom. The van der Waals surface area contributed by atoms with Crippen LogP contribution in [0, 0.1) is 0 Å². The topological polar surface area (TPSA) is 70.6 Å². The number of carbonyl (C=O) groups is 1. The monoisotopic (exact) mass is 360 g/mol. The number of methoxy groups -OCH3 is 1. The fraction of sp³-hybridized carbons (Fsp3) is 0.316. The van der Waals surface area contributed by atoms with Crippen molar-refractivity contribution in [3.05, 3.63) is 48.0 Å². The molecule has 0 fully saturated rings. The SMILES string of the molecule is COc1cccc(CNC(=O)Nc2ccc(SC(C)(C)C)cc2)c1O. The van der Waals surface area contributed by atoms with E-state index >= 15 is 0 Å². The number of anilines is 1. The molecule has 2 aromatic carbocycles. The first-order valence-electron chi connectivity index (χ1n) is 7.97. The standard InChI is InChI=1S/C19H24N2O3S/c1-19(2,3)25-15-10-8-14(9-11-15)21-18(23)20-12-13-6-5-7-16(24-4)17(13)22/h5-11,22H,12H2,1-4H3,(H2,20,21,23). The summed E-state index contributed by atoms with van der Waals surface area (Å²) >= 11 is 1.77. The molecule has 0 saturated heterocycles. The lowest BCUT2D eigenvalue weighted by atomic mass is 10.2. The Morgan fingerprint density at radius 2 is 1.84 bits per heavy atom. The number of carbonyl (C=O) groups excluding carboxylic acids is 1. The van der Waals surface area contributed by atoms with Gasteiger partial charge in [0.05, 0.1) is 7.11 Å². The van der Waals surface area contributed by atoms with Crippen LogP contribution in [0.4, 0.5) is 10.5 Å². The molecule has 2 rings (SSSR count). The Labute approximate surface area is 152 Å². The Kier molecular flexibility index (Phi) is 6.20. The van der Waals surface area contributed by atoms with Gasteiger partial charge in [0.15, 0.2) is 11.5 Å². The number of nitrogens with one attached hydrogen (secondary N) is 2. The number of hydrogen-bond donors (Lipinski definition) is 3. The van der Waals surface area contributed by atoms with Crippen LogP contribution in [-0.2, 0) is 6.54 Å². The molecule has 0 aliphatic heterocycles. The number of phenolic OH excluding ortho intramolecular Hbond substituents is 1. The van der Waals surface area contributed by atoms with Crippen molar-refractivity contribution in [2.75, 3.05) is 12.4 Å². The fourth-order valence-electron chi connectivity index (χ4n) is 2.19. The molecular weight excluding hydrogens is 336 g/mol. The van der Waals surface area contributed by atoms with Gasteiger partial charge in [-0.2, -0.15) is 0 Å². The third-order valence-electron chi connectivity index (χ3n) is 3.28. The van der Waals surface area contributed by atoms with E-state index in [0.717, 1.165) is 4.90 Å². The molecule has 0 aliphatic rings. The van der Waals surface area contributed by atoms with Crippen molar-refractivity contribution in [2.24, 2.45) is 0 Å². The van der Waals surface area contributed by atoms with E-state index in [4.69, 9.17) is 4.74 Å². The number of para-hydroxylation sites is 1. The lowest BCUT2D eigenvalue weighted by Gasteiger charge is -2.17. The second kappa shape index (κ2) is 8.16. The number of urea groups is 1. The minimum atomic E-state index is -0.335. The van der Waals surface area contributed by atoms with Crippen molar-refractivity contribution in [3.63, 3.8) is 0 Å². The van der Waals surface area contributed by atoms with Crippen LogP contribution >= 0.6 is 11.8 Å². The first kappa shape index (κ1) is 19.0. The van der Waals surface area contributed by atoms with E-state index in [9.17, 15) is 9.90 Å². The molecule has 6 heteroatoms. The maximum atomic E-state index is 12.0. The van der Waals surface area contributed by atoms with Gasteiger partial charge < -0.3 is 20.5 Å². The second-order valence-electron chi connectivity index (χ2n) is 6.51. The molecule has 0 unspecified atom stereocenters. The number of aromatic hydroxyl groups is 1. The van der Waals surface area contributed by atoms with Gasteiger partial charge in [0.2, 0.25) is 0 Å². The van der Waals surface area contributed by atoms with Gasteiger partial charge in [-0.1, -0.05) is 32.9 Å². The number of ether oxygens (including phenoxy) is 1. The summed E-state index contributed by atoms with van der Waals surface area (Å²) < 4.78 is 5.20. The Hall–Kier alpha value is -2.34. The normalized spacial score (nSPS) is 11.0. The number of phenols is 1. The number of amides is 2. The average Bonchev–Trinajstić information content (AvgIpc) is 2.54. The second-order valence-corrected chi connectivity index (χ2v) is 8.41. The van der Waals surface area contributed by atoms with Gasteiger partial charge >= 0.3 is 6.03 Å². The third-order valence-corrected chi connectivity index (χ3v) is 4.40. The lowest BCUT2D eigenvalue weighted by Crippen LogP contribution is -2.28. The van der Waals surface area contributed by atoms with E-state index in [1.165, 1.54) is 7.11 Å². The maximum Gasteiger partial charge on any atom is 0.319 e. The molecule has 0 radical (unpaired) electrons. The summed E-state index contributed by atoms with van der Waals surface area (Å²) in [5.41, 5.74) is 1.30. The minimum absolute atomic E-state index is 0.0360. The van der Waals surface area contributed by atoms with Crippen molar-refractivity contribution in [3.8, 4) is 11.5 Å². The smallest absolute Gasteiger partial charge is 0.319 e. The Balaban J connectivity index is 1.90. The molecule has 0 aromatic heterocycles. The van der Waals surface area contributed by atoms with E-state index in [1.54, 1.807) is 30.0 Å². The van der Waals surface area contributed by atoms with Gasteiger partial charge in [-0.3, -0.25) is 0 Å². The van der Waals surface area contributed by atoms with E-state index in [0.29, 0.717) is 17.0 Å². The van der Waals surface area contributed by atoms with Gasteiger partial charge in [0, 0.05) is 27.4 Å². The summed E-state index contributed by atoms with van der Waals surface area (Å²) in [4.78, 5) is 13.2. The quantitative estimate of drug-likeness (QED) is 0.681. The molecule has 0 spiro atoms. The van der Waals surface area contributed by atoms with Crippen LogP contribution in [0.3, 0.4) is 0 Å². The Morgan fingerprint density at radius 3 is 2.44 bits per heavy atom. The first-order chi connectivity index (χ1) is 11.8. The third kappa shape index (κ3) is 5.90. The van der Waals surface area contributed by atoms with Gasteiger partial charge in [-0.25, -0.2) is 4.79 Å². The molecule has 0 atom stereocenters. The first-order valence-corrected chi connectivity index (χ1v) is 8.79. The van der Waals surface area contributed by atoms with Crippen LogP contribution in [0.5, 0.6) is 11.5 Å². The van der Waals surface area contributed by atoms with E-state index in [-0.39, 0.29) is 23.1 Å². The molecule has 25 heavy (non-hydrogen) atoms. The van der Waals surface area contributed by atoms with E-state index < -0.39 is 0 Å². The van der Waals surface area contributed by atoms with Crippen LogP contribution in [0.2, 0.25) is 0 Å². The molecule has 5 nitrogen and oxygen atoms in total. The zero-order valence-corrected chi connectivity index (χ0v) is 15.7. The van der Waals surface area contributed by atoms with Crippen molar-refractivity contribution in [1.29, 1.82) is 0 Å². The highest BCUT2D eigenvalue weighted by Crippen LogP contribution is 2.32. The largest absolute Gasteiger partial charge is 0.504 e. The average molecular weight is 360 g/mol. The van der Waals surface area contributed by atoms with Crippen LogP contribution in [-0.4, -0.2) is 23.0 Å². The molecule has 0 heterocycles. The van der Waals surface area contributed by atoms with Crippen LogP contribution in [0.15, 0.2) is 47.4 Å². The summed E-state index contributed by atoms with van der Waals surface area (Å²) in [5.74, 6) is 0.417. The highest BCUT2D eigenvalue weighted by atomic mass is 32.2. The number of thioether (sulfide) groups is 1. The molecule has 2 amide bonds. The van der Waals surface area contributed by atoms with Gasteiger partial charge in [-0.15, -0.1) is 11.8 Å². The van der Waals surface area contributed by atoms with Gasteiger partial charge in [0.25, 0.3) is 0 Å². The van der Waals surface area contributed by atoms with Crippen LogP contribution in [0.25, 0.3) is 0 Å². The number of hydrogen-bond acceptors (Lipinski definition) is 4. The summed E-state index contributed by atoms with van der Waals surface area (Å²) in [6, 6.07) is 12.5. The lowest BCUT2D eigenvalue weighted by molar-refractivity contribution is 0.251. The molecule has 3 N–H and O–H groups in total. The molecule has 0 bridgehead atoms. The molecular formula is C19H24N2O3S. The van der Waals surface area contributed by atoms with Crippen LogP contribution < -0.4 is 15.4 Å². The predicted octanol–water partition coefficient (Wildman–Crippen LogP) is 4.61. The summed E-state index contributed by atoms with van der Waals surface area (Å²) in [7, 11) is 1.49. The van der Waals surface area contributed by atoms with Crippen molar-refractivity contribution < 1.29 is 14.6 Å². The fourth-order valence-corrected chi connectivity index (χ4v) is 3.17. The van der Waals surface area contributed by atoms with E-state index in [2.05, 4.69) is 31.4 Å². The van der Waals surface area contributed by atoms with Crippen molar-refractivity contribution in [2.45, 2.75) is 37.0 Å². The maximum absolute atomic E-state index is 12.0. The van der Waals surface area contributed by atoms with Gasteiger partial charge in [0.1, 0.15) is 0 Å². The Bertz CT molecular complexity index is 724. The highest BCUT2D eigenvalue weighted by molar-refractivity contribution is 8.00. The van der Waals surface area contributed by atoms with Crippen molar-refractivity contribution in [1.82, 2.24) is 5.32 Å². The summed E-state index contributed by atoms with van der Waals surface area (Å²) in [6.07, 6.45) is 0. The zero-order chi connectivity index (χ0) is 18.4. The summed E-state index contributed by atoms with van der Waals surface area (Å²) in [6.45, 7) is 6.68. The minimum Gasteiger partial charge on any atom is -0.504 e. The van der Waals surface area contributed by atoms with Crippen molar-refractivity contribution >= 4 is 23.5 Å². The number of rotatable bonds is 5. The van der Waals surface area contributed by atoms with E-state index in [1.807, 2.05) is 24.3 Å². The van der Waals surface area contributed by atoms with Gasteiger partial charge in [-0.05, 0) is 30.3 Å². The zero-order valence-electron chi connectivity index (χ0n) is 14.9. The summed E-state index contributed by atoms with van der Waals surface area (Å²) in [5, 5.41) is 15.5. The molecule has 0 saturated carbocycles. The molecule has 2 aromatic rings. The molecule has 0 aliphatic carbocycles. The number of benzene rings is 2.